The molecule has 3 heteroatoms. The maximum atomic E-state index is 11.8. The van der Waals surface area contributed by atoms with E-state index in [0.717, 1.165) is 5.56 Å². The Morgan fingerprint density at radius 1 is 1.00 bits per heavy atom. The van der Waals surface area contributed by atoms with Crippen LogP contribution in [0.1, 0.15) is 31.9 Å². The Morgan fingerprint density at radius 2 is 1.64 bits per heavy atom. The Balaban J connectivity index is 1.91. The molecule has 0 heterocycles. The lowest BCUT2D eigenvalue weighted by Gasteiger charge is -2.19. The quantitative estimate of drug-likeness (QED) is 0.624. The number of carbonyl (C=O) groups is 1. The number of rotatable bonds is 4. The molecule has 0 saturated heterocycles. The smallest absolute Gasteiger partial charge is 0.349 e. The number of ether oxygens (including phenoxy) is 2. The first-order chi connectivity index (χ1) is 10.4. The molecule has 2 aromatic rings. The second kappa shape index (κ2) is 6.65. The van der Waals surface area contributed by atoms with Crippen LogP contribution in [0.5, 0.6) is 11.5 Å². The molecule has 0 saturated carbocycles. The van der Waals surface area contributed by atoms with E-state index in [4.69, 9.17) is 9.47 Å². The van der Waals surface area contributed by atoms with Gasteiger partial charge in [0.15, 0.2) is 6.61 Å². The lowest BCUT2D eigenvalue weighted by molar-refractivity contribution is -0.136. The summed E-state index contributed by atoms with van der Waals surface area (Å²) in [5.41, 5.74) is 2.27. The van der Waals surface area contributed by atoms with Crippen molar-refractivity contribution in [1.29, 1.82) is 0 Å². The number of para-hydroxylation sites is 1. The molecule has 0 bridgehead atoms. The van der Waals surface area contributed by atoms with Gasteiger partial charge in [0.05, 0.1) is 0 Å². The average molecular weight is 298 g/mol. The van der Waals surface area contributed by atoms with E-state index >= 15 is 0 Å². The zero-order valence-corrected chi connectivity index (χ0v) is 13.6. The van der Waals surface area contributed by atoms with Gasteiger partial charge in [0.2, 0.25) is 0 Å². The third-order valence-electron chi connectivity index (χ3n) is 3.39. The third-order valence-corrected chi connectivity index (χ3v) is 3.39. The fourth-order valence-corrected chi connectivity index (χ4v) is 2.04. The van der Waals surface area contributed by atoms with Crippen LogP contribution in [0.3, 0.4) is 0 Å². The van der Waals surface area contributed by atoms with Crippen LogP contribution in [0, 0.1) is 6.92 Å². The summed E-state index contributed by atoms with van der Waals surface area (Å²) in [4.78, 5) is 11.8. The van der Waals surface area contributed by atoms with Gasteiger partial charge in [0.1, 0.15) is 11.5 Å². The Hall–Kier alpha value is -2.29. The van der Waals surface area contributed by atoms with Gasteiger partial charge in [-0.2, -0.15) is 0 Å². The first-order valence-corrected chi connectivity index (χ1v) is 7.36. The largest absolute Gasteiger partial charge is 0.482 e. The first-order valence-electron chi connectivity index (χ1n) is 7.36. The van der Waals surface area contributed by atoms with E-state index in [1.807, 2.05) is 55.5 Å². The number of benzene rings is 2. The summed E-state index contributed by atoms with van der Waals surface area (Å²) in [6, 6.07) is 15.1. The molecule has 0 aromatic heterocycles. The molecule has 2 rings (SSSR count). The topological polar surface area (TPSA) is 35.5 Å². The molecule has 0 radical (unpaired) electrons. The fourth-order valence-electron chi connectivity index (χ4n) is 2.04. The minimum absolute atomic E-state index is 0.0798. The summed E-state index contributed by atoms with van der Waals surface area (Å²) < 4.78 is 10.8. The molecule has 0 spiro atoms. The van der Waals surface area contributed by atoms with Crippen LogP contribution in [-0.2, 0) is 10.2 Å². The highest BCUT2D eigenvalue weighted by Crippen LogP contribution is 2.24. The van der Waals surface area contributed by atoms with Gasteiger partial charge in [-0.05, 0) is 41.7 Å². The normalized spacial score (nSPS) is 11.1. The summed E-state index contributed by atoms with van der Waals surface area (Å²) in [6.45, 7) is 8.26. The second-order valence-electron chi connectivity index (χ2n) is 6.30. The van der Waals surface area contributed by atoms with Crippen molar-refractivity contribution in [1.82, 2.24) is 0 Å². The van der Waals surface area contributed by atoms with Crippen LogP contribution < -0.4 is 9.47 Å². The Morgan fingerprint density at radius 3 is 2.23 bits per heavy atom. The van der Waals surface area contributed by atoms with Crippen LogP contribution >= 0.6 is 0 Å². The highest BCUT2D eigenvalue weighted by Gasteiger charge is 2.14. The van der Waals surface area contributed by atoms with Crippen LogP contribution in [-0.4, -0.2) is 12.6 Å². The van der Waals surface area contributed by atoms with E-state index in [9.17, 15) is 4.79 Å². The zero-order valence-electron chi connectivity index (χ0n) is 13.6. The number of hydrogen-bond donors (Lipinski definition) is 0. The predicted molar refractivity (Wildman–Crippen MR) is 87.5 cm³/mol. The standard InChI is InChI=1S/C19H22O3/c1-14-7-5-6-8-17(14)21-13-18(20)22-16-11-9-15(10-12-16)19(2,3)4/h5-12H,13H2,1-4H3. The van der Waals surface area contributed by atoms with Crippen LogP contribution in [0.15, 0.2) is 48.5 Å². The minimum atomic E-state index is -0.410. The van der Waals surface area contributed by atoms with E-state index in [-0.39, 0.29) is 12.0 Å². The summed E-state index contributed by atoms with van der Waals surface area (Å²) >= 11 is 0. The van der Waals surface area contributed by atoms with Crippen LogP contribution in [0.2, 0.25) is 0 Å². The molecule has 2 aromatic carbocycles. The van der Waals surface area contributed by atoms with Crippen molar-refractivity contribution < 1.29 is 14.3 Å². The van der Waals surface area contributed by atoms with Crippen molar-refractivity contribution in [3.63, 3.8) is 0 Å². The van der Waals surface area contributed by atoms with E-state index in [1.54, 1.807) is 0 Å². The molecule has 0 aliphatic heterocycles. The molecule has 0 aliphatic carbocycles. The summed E-state index contributed by atoms with van der Waals surface area (Å²) in [6.07, 6.45) is 0. The Labute approximate surface area is 131 Å². The van der Waals surface area contributed by atoms with Crippen molar-refractivity contribution in [2.24, 2.45) is 0 Å². The monoisotopic (exact) mass is 298 g/mol. The molecule has 0 amide bonds. The van der Waals surface area contributed by atoms with Gasteiger partial charge in [-0.3, -0.25) is 0 Å². The lowest BCUT2D eigenvalue weighted by Crippen LogP contribution is -2.18. The second-order valence-corrected chi connectivity index (χ2v) is 6.30. The molecule has 0 N–H and O–H groups in total. The minimum Gasteiger partial charge on any atom is -0.482 e. The van der Waals surface area contributed by atoms with E-state index in [0.29, 0.717) is 11.5 Å². The van der Waals surface area contributed by atoms with Crippen molar-refractivity contribution in [2.75, 3.05) is 6.61 Å². The van der Waals surface area contributed by atoms with Gasteiger partial charge in [0, 0.05) is 0 Å². The molecular weight excluding hydrogens is 276 g/mol. The van der Waals surface area contributed by atoms with E-state index in [2.05, 4.69) is 20.8 Å². The average Bonchev–Trinajstić information content (AvgIpc) is 2.46. The summed E-state index contributed by atoms with van der Waals surface area (Å²) in [5, 5.41) is 0. The van der Waals surface area contributed by atoms with Crippen LogP contribution in [0.25, 0.3) is 0 Å². The molecule has 0 fully saturated rings. The maximum Gasteiger partial charge on any atom is 0.349 e. The third kappa shape index (κ3) is 4.35. The van der Waals surface area contributed by atoms with Crippen molar-refractivity contribution in [2.45, 2.75) is 33.1 Å². The van der Waals surface area contributed by atoms with Gasteiger partial charge in [-0.25, -0.2) is 4.79 Å². The Bertz CT molecular complexity index is 636. The van der Waals surface area contributed by atoms with Gasteiger partial charge < -0.3 is 9.47 Å². The molecular formula is C19H22O3. The van der Waals surface area contributed by atoms with Gasteiger partial charge in [0.25, 0.3) is 0 Å². The Kier molecular flexibility index (Phi) is 4.86. The SMILES string of the molecule is Cc1ccccc1OCC(=O)Oc1ccc(C(C)(C)C)cc1. The summed E-state index contributed by atoms with van der Waals surface area (Å²) in [7, 11) is 0. The van der Waals surface area contributed by atoms with Crippen LogP contribution in [0.4, 0.5) is 0 Å². The number of carbonyl (C=O) groups excluding carboxylic acids is 1. The molecule has 3 nitrogen and oxygen atoms in total. The number of hydrogen-bond acceptors (Lipinski definition) is 3. The highest BCUT2D eigenvalue weighted by molar-refractivity contribution is 5.74. The van der Waals surface area contributed by atoms with Crippen molar-refractivity contribution in [3.05, 3.63) is 59.7 Å². The number of aryl methyl sites for hydroxylation is 1. The highest BCUT2D eigenvalue weighted by atomic mass is 16.6. The van der Waals surface area contributed by atoms with Crippen molar-refractivity contribution in [3.8, 4) is 11.5 Å². The van der Waals surface area contributed by atoms with Crippen molar-refractivity contribution >= 4 is 5.97 Å². The van der Waals surface area contributed by atoms with Gasteiger partial charge in [-0.15, -0.1) is 0 Å². The maximum absolute atomic E-state index is 11.8. The molecule has 0 unspecified atom stereocenters. The molecule has 116 valence electrons. The van der Waals surface area contributed by atoms with E-state index < -0.39 is 5.97 Å². The van der Waals surface area contributed by atoms with Gasteiger partial charge >= 0.3 is 5.97 Å². The molecule has 22 heavy (non-hydrogen) atoms. The zero-order chi connectivity index (χ0) is 16.2. The fraction of sp³-hybridized carbons (Fsp3) is 0.316. The first kappa shape index (κ1) is 16.1. The van der Waals surface area contributed by atoms with Gasteiger partial charge in [-0.1, -0.05) is 51.1 Å². The molecule has 0 atom stereocenters. The van der Waals surface area contributed by atoms with E-state index in [1.165, 1.54) is 5.56 Å². The lowest BCUT2D eigenvalue weighted by atomic mass is 9.87. The summed E-state index contributed by atoms with van der Waals surface area (Å²) in [5.74, 6) is 0.820. The predicted octanol–water partition coefficient (Wildman–Crippen LogP) is 4.28. The number of esters is 1. The molecule has 0 aliphatic rings.